The van der Waals surface area contributed by atoms with Crippen molar-refractivity contribution in [3.63, 3.8) is 0 Å². The molecule has 10 heavy (non-hydrogen) atoms. The fourth-order valence-electron chi connectivity index (χ4n) is 2.23. The quantitative estimate of drug-likeness (QED) is 0.499. The van der Waals surface area contributed by atoms with Crippen molar-refractivity contribution in [3.05, 3.63) is 0 Å². The van der Waals surface area contributed by atoms with Gasteiger partial charge in [-0.25, -0.2) is 0 Å². The highest BCUT2D eigenvalue weighted by molar-refractivity contribution is 5.02. The Labute approximate surface area is 61.4 Å². The Morgan fingerprint density at radius 2 is 2.20 bits per heavy atom. The molecule has 2 fully saturated rings. The van der Waals surface area contributed by atoms with E-state index in [9.17, 15) is 0 Å². The Morgan fingerprint density at radius 1 is 1.30 bits per heavy atom. The third-order valence-corrected chi connectivity index (χ3v) is 2.75. The average Bonchev–Trinajstić information content (AvgIpc) is 2.44. The molecule has 0 saturated carbocycles. The first-order valence-electron chi connectivity index (χ1n) is 4.07. The Bertz CT molecular complexity index is 171. The van der Waals surface area contributed by atoms with E-state index in [1.165, 1.54) is 25.8 Å². The van der Waals surface area contributed by atoms with Crippen molar-refractivity contribution >= 4 is 0 Å². The van der Waals surface area contributed by atoms with Crippen LogP contribution in [-0.4, -0.2) is 23.5 Å². The smallest absolute Gasteiger partial charge is 0.0980 e. The molecule has 2 unspecified atom stereocenters. The van der Waals surface area contributed by atoms with Crippen molar-refractivity contribution in [1.29, 1.82) is 5.26 Å². The van der Waals surface area contributed by atoms with Crippen LogP contribution in [0, 0.1) is 11.3 Å². The molecule has 0 aromatic carbocycles. The first-order chi connectivity index (χ1) is 4.92. The summed E-state index contributed by atoms with van der Waals surface area (Å²) in [6.45, 7) is 1.17. The minimum absolute atomic E-state index is 0.257. The summed E-state index contributed by atoms with van der Waals surface area (Å²) >= 11 is 0. The average molecular weight is 136 g/mol. The minimum Gasteiger partial charge on any atom is -0.285 e. The largest absolute Gasteiger partial charge is 0.285 e. The fourth-order valence-corrected chi connectivity index (χ4v) is 2.23. The van der Waals surface area contributed by atoms with E-state index in [0.717, 1.165) is 12.5 Å². The zero-order valence-electron chi connectivity index (χ0n) is 6.08. The van der Waals surface area contributed by atoms with E-state index < -0.39 is 0 Å². The molecule has 54 valence electrons. The first-order valence-corrected chi connectivity index (χ1v) is 4.07. The van der Waals surface area contributed by atoms with Gasteiger partial charge in [-0.1, -0.05) is 0 Å². The van der Waals surface area contributed by atoms with E-state index in [-0.39, 0.29) is 6.04 Å². The lowest BCUT2D eigenvalue weighted by molar-refractivity contribution is 0.284. The van der Waals surface area contributed by atoms with Gasteiger partial charge in [0, 0.05) is 6.04 Å². The predicted octanol–water partition coefficient (Wildman–Crippen LogP) is 1.14. The third kappa shape index (κ3) is 0.741. The molecule has 2 aliphatic rings. The van der Waals surface area contributed by atoms with Crippen LogP contribution in [0.15, 0.2) is 0 Å². The molecule has 2 rings (SSSR count). The molecule has 2 nitrogen and oxygen atoms in total. The molecule has 2 saturated heterocycles. The van der Waals surface area contributed by atoms with Crippen LogP contribution in [0.3, 0.4) is 0 Å². The van der Waals surface area contributed by atoms with E-state index in [1.807, 2.05) is 0 Å². The van der Waals surface area contributed by atoms with Gasteiger partial charge < -0.3 is 0 Å². The maximum Gasteiger partial charge on any atom is 0.0980 e. The summed E-state index contributed by atoms with van der Waals surface area (Å²) in [5, 5.41) is 8.72. The summed E-state index contributed by atoms with van der Waals surface area (Å²) in [5.74, 6) is 0. The number of fused-ring (bicyclic) bond motifs is 1. The zero-order chi connectivity index (χ0) is 6.97. The predicted molar refractivity (Wildman–Crippen MR) is 38.4 cm³/mol. The van der Waals surface area contributed by atoms with Crippen molar-refractivity contribution in [1.82, 2.24) is 4.90 Å². The van der Waals surface area contributed by atoms with Gasteiger partial charge in [0.05, 0.1) is 12.1 Å². The maximum atomic E-state index is 8.72. The van der Waals surface area contributed by atoms with Crippen molar-refractivity contribution in [2.24, 2.45) is 0 Å². The summed E-state index contributed by atoms with van der Waals surface area (Å²) in [6, 6.07) is 3.39. The monoisotopic (exact) mass is 136 g/mol. The Hall–Kier alpha value is -0.550. The van der Waals surface area contributed by atoms with Gasteiger partial charge in [0.1, 0.15) is 0 Å². The van der Waals surface area contributed by atoms with Gasteiger partial charge >= 0.3 is 0 Å². The van der Waals surface area contributed by atoms with E-state index in [2.05, 4.69) is 11.0 Å². The standard InChI is InChI=1S/C8H12N2/c9-6-8-4-3-7-2-1-5-10(7)8/h7-8H,1-5H2. The first kappa shape index (κ1) is 6.18. The van der Waals surface area contributed by atoms with Gasteiger partial charge in [-0.15, -0.1) is 0 Å². The number of hydrogen-bond acceptors (Lipinski definition) is 2. The van der Waals surface area contributed by atoms with Crippen molar-refractivity contribution in [3.8, 4) is 6.07 Å². The van der Waals surface area contributed by atoms with Gasteiger partial charge in [-0.2, -0.15) is 5.26 Å². The van der Waals surface area contributed by atoms with Crippen LogP contribution in [0.2, 0.25) is 0 Å². The van der Waals surface area contributed by atoms with Crippen LogP contribution in [0.1, 0.15) is 25.7 Å². The second-order valence-corrected chi connectivity index (χ2v) is 3.26. The van der Waals surface area contributed by atoms with Crippen LogP contribution in [-0.2, 0) is 0 Å². The molecule has 0 aromatic heterocycles. The summed E-state index contributed by atoms with van der Waals surface area (Å²) in [4.78, 5) is 2.38. The Balaban J connectivity index is 2.10. The zero-order valence-corrected chi connectivity index (χ0v) is 6.08. The second kappa shape index (κ2) is 2.25. The molecular formula is C8H12N2. The van der Waals surface area contributed by atoms with Crippen LogP contribution in [0.4, 0.5) is 0 Å². The molecule has 2 heterocycles. The van der Waals surface area contributed by atoms with Crippen LogP contribution < -0.4 is 0 Å². The van der Waals surface area contributed by atoms with Gasteiger partial charge in [-0.05, 0) is 32.2 Å². The van der Waals surface area contributed by atoms with Gasteiger partial charge in [0.25, 0.3) is 0 Å². The fraction of sp³-hybridized carbons (Fsp3) is 0.875. The van der Waals surface area contributed by atoms with Gasteiger partial charge in [0.15, 0.2) is 0 Å². The lowest BCUT2D eigenvalue weighted by Crippen LogP contribution is -2.29. The van der Waals surface area contributed by atoms with E-state index in [1.54, 1.807) is 0 Å². The molecule has 0 aliphatic carbocycles. The van der Waals surface area contributed by atoms with Crippen LogP contribution in [0.25, 0.3) is 0 Å². The highest BCUT2D eigenvalue weighted by Crippen LogP contribution is 2.31. The molecule has 0 spiro atoms. The normalized spacial score (nSPS) is 39.5. The molecule has 0 amide bonds. The molecule has 0 radical (unpaired) electrons. The molecule has 2 heteroatoms. The SMILES string of the molecule is N#CC1CCC2CCCN12. The minimum atomic E-state index is 0.257. The topological polar surface area (TPSA) is 27.0 Å². The summed E-state index contributed by atoms with van der Waals surface area (Å²) < 4.78 is 0. The molecule has 0 aromatic rings. The van der Waals surface area contributed by atoms with E-state index in [4.69, 9.17) is 5.26 Å². The van der Waals surface area contributed by atoms with Crippen molar-refractivity contribution in [2.75, 3.05) is 6.54 Å². The third-order valence-electron chi connectivity index (χ3n) is 2.75. The van der Waals surface area contributed by atoms with Gasteiger partial charge in [-0.3, -0.25) is 4.90 Å². The summed E-state index contributed by atoms with van der Waals surface area (Å²) in [5.41, 5.74) is 0. The van der Waals surface area contributed by atoms with E-state index in [0.29, 0.717) is 0 Å². The Kier molecular flexibility index (Phi) is 1.39. The summed E-state index contributed by atoms with van der Waals surface area (Å²) in [6.07, 6.45) is 5.01. The van der Waals surface area contributed by atoms with Crippen LogP contribution in [0.5, 0.6) is 0 Å². The number of nitriles is 1. The van der Waals surface area contributed by atoms with Crippen molar-refractivity contribution in [2.45, 2.75) is 37.8 Å². The lowest BCUT2D eigenvalue weighted by atomic mass is 10.1. The highest BCUT2D eigenvalue weighted by Gasteiger charge is 2.36. The number of hydrogen-bond donors (Lipinski definition) is 0. The second-order valence-electron chi connectivity index (χ2n) is 3.26. The lowest BCUT2D eigenvalue weighted by Gasteiger charge is -2.16. The summed E-state index contributed by atoms with van der Waals surface area (Å²) in [7, 11) is 0. The molecule has 0 bridgehead atoms. The molecule has 0 N–H and O–H groups in total. The van der Waals surface area contributed by atoms with Crippen molar-refractivity contribution < 1.29 is 0 Å². The molecule has 2 aliphatic heterocycles. The number of rotatable bonds is 0. The van der Waals surface area contributed by atoms with E-state index >= 15 is 0 Å². The Morgan fingerprint density at radius 3 is 3.00 bits per heavy atom. The molecular weight excluding hydrogens is 124 g/mol. The maximum absolute atomic E-state index is 8.72. The number of nitrogens with zero attached hydrogens (tertiary/aromatic N) is 2. The van der Waals surface area contributed by atoms with Crippen LogP contribution >= 0.6 is 0 Å². The highest BCUT2D eigenvalue weighted by atomic mass is 15.2. The van der Waals surface area contributed by atoms with Gasteiger partial charge in [0.2, 0.25) is 0 Å². The molecule has 2 atom stereocenters.